The molecule has 0 saturated carbocycles. The molecule has 0 aromatic heterocycles. The number of nitrogens with zero attached hydrogens (tertiary/aromatic N) is 1. The summed E-state index contributed by atoms with van der Waals surface area (Å²) in [5, 5.41) is 0. The van der Waals surface area contributed by atoms with Gasteiger partial charge < -0.3 is 5.73 Å². The van der Waals surface area contributed by atoms with Crippen molar-refractivity contribution in [1.29, 1.82) is 0 Å². The highest BCUT2D eigenvalue weighted by atomic mass is 16.2. The van der Waals surface area contributed by atoms with Crippen LogP contribution in [-0.4, -0.2) is 23.3 Å². The van der Waals surface area contributed by atoms with Gasteiger partial charge in [-0.25, -0.2) is 0 Å². The van der Waals surface area contributed by atoms with E-state index in [1.165, 1.54) is 4.90 Å². The molecule has 1 heterocycles. The molecule has 0 spiro atoms. The fourth-order valence-corrected chi connectivity index (χ4v) is 2.35. The molecule has 18 heavy (non-hydrogen) atoms. The molecule has 0 radical (unpaired) electrons. The zero-order chi connectivity index (χ0) is 13.3. The van der Waals surface area contributed by atoms with Crippen molar-refractivity contribution in [2.45, 2.75) is 19.9 Å². The number of likely N-dealkylation sites (tertiary alicyclic amines) is 1. The minimum absolute atomic E-state index is 0.119. The summed E-state index contributed by atoms with van der Waals surface area (Å²) in [6.45, 7) is 3.84. The van der Waals surface area contributed by atoms with Gasteiger partial charge in [0.25, 0.3) is 0 Å². The van der Waals surface area contributed by atoms with E-state index in [1.807, 2.05) is 30.3 Å². The lowest BCUT2D eigenvalue weighted by Gasteiger charge is -2.25. The topological polar surface area (TPSA) is 63.4 Å². The van der Waals surface area contributed by atoms with Crippen molar-refractivity contribution in [2.24, 2.45) is 17.6 Å². The summed E-state index contributed by atoms with van der Waals surface area (Å²) in [4.78, 5) is 25.6. The van der Waals surface area contributed by atoms with Gasteiger partial charge in [-0.3, -0.25) is 14.5 Å². The van der Waals surface area contributed by atoms with E-state index in [0.717, 1.165) is 5.56 Å². The number of hydrogen-bond donors (Lipinski definition) is 1. The monoisotopic (exact) mass is 246 g/mol. The molecule has 2 amide bonds. The summed E-state index contributed by atoms with van der Waals surface area (Å²) >= 11 is 0. The Labute approximate surface area is 107 Å². The molecule has 1 fully saturated rings. The summed E-state index contributed by atoms with van der Waals surface area (Å²) in [6.07, 6.45) is 0. The summed E-state index contributed by atoms with van der Waals surface area (Å²) in [6, 6.07) is 9.11. The molecule has 0 bridgehead atoms. The molecule has 2 N–H and O–H groups in total. The second-order valence-corrected chi connectivity index (χ2v) is 4.79. The van der Waals surface area contributed by atoms with Crippen LogP contribution in [-0.2, 0) is 9.59 Å². The van der Waals surface area contributed by atoms with Crippen LogP contribution in [0.1, 0.15) is 25.5 Å². The van der Waals surface area contributed by atoms with E-state index < -0.39 is 0 Å². The first-order valence-electron chi connectivity index (χ1n) is 6.19. The second-order valence-electron chi connectivity index (χ2n) is 4.79. The Kier molecular flexibility index (Phi) is 3.48. The maximum atomic E-state index is 12.1. The second kappa shape index (κ2) is 4.90. The molecule has 1 aromatic rings. The molecular weight excluding hydrogens is 228 g/mol. The number of rotatable bonds is 3. The van der Waals surface area contributed by atoms with Crippen molar-refractivity contribution in [3.05, 3.63) is 35.9 Å². The van der Waals surface area contributed by atoms with Crippen LogP contribution < -0.4 is 5.73 Å². The van der Waals surface area contributed by atoms with Crippen LogP contribution in [0.25, 0.3) is 0 Å². The highest BCUT2D eigenvalue weighted by Gasteiger charge is 2.45. The first-order chi connectivity index (χ1) is 8.57. The Morgan fingerprint density at radius 1 is 1.11 bits per heavy atom. The zero-order valence-electron chi connectivity index (χ0n) is 10.7. The highest BCUT2D eigenvalue weighted by molar-refractivity contribution is 6.05. The van der Waals surface area contributed by atoms with E-state index in [-0.39, 0.29) is 36.2 Å². The largest absolute Gasteiger partial charge is 0.328 e. The maximum absolute atomic E-state index is 12.1. The quantitative estimate of drug-likeness (QED) is 0.818. The first-order valence-corrected chi connectivity index (χ1v) is 6.19. The normalized spacial score (nSPS) is 25.6. The Balaban J connectivity index is 2.35. The van der Waals surface area contributed by atoms with Crippen molar-refractivity contribution < 1.29 is 9.59 Å². The highest BCUT2D eigenvalue weighted by Crippen LogP contribution is 2.32. The van der Waals surface area contributed by atoms with Crippen molar-refractivity contribution in [3.63, 3.8) is 0 Å². The van der Waals surface area contributed by atoms with Gasteiger partial charge in [-0.15, -0.1) is 0 Å². The number of carbonyl (C=O) groups excluding carboxylic acids is 2. The molecule has 96 valence electrons. The molecular formula is C14H18N2O2. The van der Waals surface area contributed by atoms with Crippen LogP contribution in [0.15, 0.2) is 30.3 Å². The number of carbonyl (C=O) groups is 2. The predicted molar refractivity (Wildman–Crippen MR) is 68.4 cm³/mol. The fourth-order valence-electron chi connectivity index (χ4n) is 2.35. The van der Waals surface area contributed by atoms with Crippen LogP contribution >= 0.6 is 0 Å². The Hall–Kier alpha value is -1.68. The van der Waals surface area contributed by atoms with Gasteiger partial charge in [0.2, 0.25) is 11.8 Å². The Bertz CT molecular complexity index is 438. The van der Waals surface area contributed by atoms with E-state index >= 15 is 0 Å². The van der Waals surface area contributed by atoms with Crippen LogP contribution in [0.4, 0.5) is 0 Å². The summed E-state index contributed by atoms with van der Waals surface area (Å²) in [5.74, 6) is -0.746. The lowest BCUT2D eigenvalue weighted by Crippen LogP contribution is -2.38. The molecule has 1 aromatic carbocycles. The third kappa shape index (κ3) is 1.93. The van der Waals surface area contributed by atoms with E-state index in [9.17, 15) is 9.59 Å². The number of hydrogen-bond acceptors (Lipinski definition) is 3. The third-order valence-electron chi connectivity index (χ3n) is 3.72. The molecule has 4 nitrogen and oxygen atoms in total. The van der Waals surface area contributed by atoms with Gasteiger partial charge in [0.15, 0.2) is 0 Å². The lowest BCUT2D eigenvalue weighted by molar-refractivity contribution is -0.142. The van der Waals surface area contributed by atoms with Gasteiger partial charge in [-0.1, -0.05) is 44.2 Å². The van der Waals surface area contributed by atoms with Crippen LogP contribution in [0.5, 0.6) is 0 Å². The molecule has 0 aliphatic carbocycles. The van der Waals surface area contributed by atoms with E-state index in [4.69, 9.17) is 5.73 Å². The van der Waals surface area contributed by atoms with Crippen LogP contribution in [0.3, 0.4) is 0 Å². The molecule has 1 aliphatic rings. The van der Waals surface area contributed by atoms with E-state index in [1.54, 1.807) is 13.8 Å². The predicted octanol–water partition coefficient (Wildman–Crippen LogP) is 1.33. The molecule has 4 heteroatoms. The maximum Gasteiger partial charge on any atom is 0.233 e. The first kappa shape index (κ1) is 12.8. The van der Waals surface area contributed by atoms with Gasteiger partial charge in [-0.05, 0) is 5.56 Å². The van der Waals surface area contributed by atoms with Crippen LogP contribution in [0.2, 0.25) is 0 Å². The molecule has 3 atom stereocenters. The molecule has 3 unspecified atom stereocenters. The number of amides is 2. The van der Waals surface area contributed by atoms with Crippen LogP contribution in [0, 0.1) is 11.8 Å². The molecule has 2 rings (SSSR count). The average molecular weight is 246 g/mol. The van der Waals surface area contributed by atoms with Gasteiger partial charge >= 0.3 is 0 Å². The van der Waals surface area contributed by atoms with Gasteiger partial charge in [0.05, 0.1) is 6.04 Å². The van der Waals surface area contributed by atoms with Gasteiger partial charge in [-0.2, -0.15) is 0 Å². The van der Waals surface area contributed by atoms with Crippen molar-refractivity contribution in [2.75, 3.05) is 6.54 Å². The number of benzene rings is 1. The third-order valence-corrected chi connectivity index (χ3v) is 3.72. The zero-order valence-corrected chi connectivity index (χ0v) is 10.7. The molecule has 1 saturated heterocycles. The van der Waals surface area contributed by atoms with Crippen molar-refractivity contribution >= 4 is 11.8 Å². The average Bonchev–Trinajstić information content (AvgIpc) is 2.59. The minimum atomic E-state index is -0.349. The van der Waals surface area contributed by atoms with E-state index in [0.29, 0.717) is 0 Å². The van der Waals surface area contributed by atoms with Crippen molar-refractivity contribution in [1.82, 2.24) is 4.90 Å². The van der Waals surface area contributed by atoms with E-state index in [2.05, 4.69) is 0 Å². The standard InChI is InChI=1S/C14H18N2O2/c1-9-10(2)14(18)16(13(9)17)12(8-15)11-6-4-3-5-7-11/h3-7,9-10,12H,8,15H2,1-2H3. The van der Waals surface area contributed by atoms with Crippen molar-refractivity contribution in [3.8, 4) is 0 Å². The minimum Gasteiger partial charge on any atom is -0.328 e. The summed E-state index contributed by atoms with van der Waals surface area (Å²) < 4.78 is 0. The number of imide groups is 1. The summed E-state index contributed by atoms with van der Waals surface area (Å²) in [5.41, 5.74) is 6.66. The Morgan fingerprint density at radius 3 is 2.06 bits per heavy atom. The van der Waals surface area contributed by atoms with Gasteiger partial charge in [0.1, 0.15) is 0 Å². The number of nitrogens with two attached hydrogens (primary N) is 1. The SMILES string of the molecule is CC1C(=O)N(C(CN)c2ccccc2)C(=O)C1C. The fraction of sp³-hybridized carbons (Fsp3) is 0.429. The smallest absolute Gasteiger partial charge is 0.233 e. The lowest BCUT2D eigenvalue weighted by atomic mass is 10.00. The summed E-state index contributed by atoms with van der Waals surface area (Å²) in [7, 11) is 0. The van der Waals surface area contributed by atoms with Gasteiger partial charge in [0, 0.05) is 18.4 Å². The Morgan fingerprint density at radius 2 is 1.61 bits per heavy atom. The molecule has 1 aliphatic heterocycles.